The Labute approximate surface area is 175 Å². The van der Waals surface area contributed by atoms with Crippen molar-refractivity contribution in [3.8, 4) is 17.1 Å². The highest BCUT2D eigenvalue weighted by Gasteiger charge is 2.52. The lowest BCUT2D eigenvalue weighted by Gasteiger charge is -2.57. The van der Waals surface area contributed by atoms with Crippen molar-refractivity contribution in [2.75, 3.05) is 7.11 Å². The van der Waals surface area contributed by atoms with E-state index in [-0.39, 0.29) is 11.0 Å². The normalized spacial score (nSPS) is 29.4. The number of hydrogen-bond acceptors (Lipinski definition) is 3. The fraction of sp³-hybridized carbons (Fsp3) is 0.440. The van der Waals surface area contributed by atoms with Gasteiger partial charge in [0.15, 0.2) is 0 Å². The van der Waals surface area contributed by atoms with Gasteiger partial charge >= 0.3 is 5.97 Å². The number of nitrogens with zero attached hydrogens (tertiary/aromatic N) is 1. The minimum absolute atomic E-state index is 0.235. The third-order valence-electron chi connectivity index (χ3n) is 7.81. The number of aromatic amines is 1. The predicted octanol–water partition coefficient (Wildman–Crippen LogP) is 5.40. The molecule has 5 nitrogen and oxygen atoms in total. The summed E-state index contributed by atoms with van der Waals surface area (Å²) in [6.45, 7) is 0. The molecule has 4 fully saturated rings. The van der Waals surface area contributed by atoms with Gasteiger partial charge in [0.1, 0.15) is 11.6 Å². The number of H-pyrrole nitrogens is 1. The van der Waals surface area contributed by atoms with E-state index in [0.29, 0.717) is 0 Å². The van der Waals surface area contributed by atoms with Gasteiger partial charge in [-0.2, -0.15) is 0 Å². The number of methoxy groups -OCH3 is 1. The van der Waals surface area contributed by atoms with Crippen molar-refractivity contribution in [3.63, 3.8) is 0 Å². The van der Waals surface area contributed by atoms with Crippen LogP contribution < -0.4 is 4.74 Å². The molecule has 0 radical (unpaired) electrons. The number of ether oxygens (including phenoxy) is 1. The molecule has 5 heteroatoms. The highest BCUT2D eigenvalue weighted by atomic mass is 16.5. The lowest BCUT2D eigenvalue weighted by atomic mass is 9.48. The van der Waals surface area contributed by atoms with Gasteiger partial charge in [-0.15, -0.1) is 0 Å². The Hall–Kier alpha value is -2.82. The van der Waals surface area contributed by atoms with Crippen molar-refractivity contribution in [2.24, 2.45) is 17.8 Å². The Balaban J connectivity index is 1.44. The van der Waals surface area contributed by atoms with Gasteiger partial charge in [0, 0.05) is 11.1 Å². The highest BCUT2D eigenvalue weighted by molar-refractivity contribution is 5.93. The molecule has 30 heavy (non-hydrogen) atoms. The van der Waals surface area contributed by atoms with Gasteiger partial charge in [-0.25, -0.2) is 9.78 Å². The van der Waals surface area contributed by atoms with Crippen LogP contribution in [0.5, 0.6) is 5.75 Å². The maximum Gasteiger partial charge on any atom is 0.335 e. The zero-order chi connectivity index (χ0) is 20.5. The standard InChI is InChI=1S/C25H26N2O3/c1-30-22-5-3-17(23-26-20-4-2-18(24(28)29)10-21(20)27-23)9-19(22)25-11-14-6-15(12-25)8-16(7-14)13-25/h2-5,9-10,14-16H,6-8,11-13H2,1H3,(H,26,27)(H,28,29). The second kappa shape index (κ2) is 6.34. The largest absolute Gasteiger partial charge is 0.496 e. The molecule has 7 rings (SSSR count). The Morgan fingerprint density at radius 1 is 1.07 bits per heavy atom. The van der Waals surface area contributed by atoms with Crippen LogP contribution in [0.3, 0.4) is 0 Å². The fourth-order valence-corrected chi connectivity index (χ4v) is 6.99. The Morgan fingerprint density at radius 3 is 2.40 bits per heavy atom. The monoisotopic (exact) mass is 402 g/mol. The van der Waals surface area contributed by atoms with Crippen LogP contribution >= 0.6 is 0 Å². The van der Waals surface area contributed by atoms with E-state index in [1.807, 2.05) is 0 Å². The minimum Gasteiger partial charge on any atom is -0.496 e. The second-order valence-electron chi connectivity index (χ2n) is 9.74. The summed E-state index contributed by atoms with van der Waals surface area (Å²) >= 11 is 0. The van der Waals surface area contributed by atoms with E-state index in [0.717, 1.165) is 45.9 Å². The first-order valence-corrected chi connectivity index (χ1v) is 10.9. The number of nitrogens with one attached hydrogen (secondary N) is 1. The van der Waals surface area contributed by atoms with E-state index >= 15 is 0 Å². The number of hydrogen-bond donors (Lipinski definition) is 2. The molecule has 0 atom stereocenters. The molecular weight excluding hydrogens is 376 g/mol. The van der Waals surface area contributed by atoms with Crippen LogP contribution in [0.1, 0.15) is 54.4 Å². The summed E-state index contributed by atoms with van der Waals surface area (Å²) in [7, 11) is 1.77. The number of fused-ring (bicyclic) bond motifs is 1. The lowest BCUT2D eigenvalue weighted by molar-refractivity contribution is -0.00613. The molecule has 4 bridgehead atoms. The van der Waals surface area contributed by atoms with E-state index in [1.165, 1.54) is 44.1 Å². The molecule has 0 saturated heterocycles. The average molecular weight is 402 g/mol. The quantitative estimate of drug-likeness (QED) is 0.612. The summed E-state index contributed by atoms with van der Waals surface area (Å²) < 4.78 is 5.83. The molecule has 0 amide bonds. The number of benzene rings is 2. The Kier molecular flexibility index (Phi) is 3.80. The van der Waals surface area contributed by atoms with Gasteiger partial charge in [-0.1, -0.05) is 0 Å². The van der Waals surface area contributed by atoms with Gasteiger partial charge in [0.05, 0.1) is 23.7 Å². The van der Waals surface area contributed by atoms with Crippen LogP contribution in [-0.4, -0.2) is 28.2 Å². The zero-order valence-corrected chi connectivity index (χ0v) is 17.1. The molecule has 2 N–H and O–H groups in total. The highest BCUT2D eigenvalue weighted by Crippen LogP contribution is 2.62. The van der Waals surface area contributed by atoms with Crippen molar-refractivity contribution >= 4 is 17.0 Å². The molecule has 4 saturated carbocycles. The van der Waals surface area contributed by atoms with Crippen LogP contribution in [0.25, 0.3) is 22.4 Å². The summed E-state index contributed by atoms with van der Waals surface area (Å²) in [6.07, 6.45) is 8.08. The fourth-order valence-electron chi connectivity index (χ4n) is 6.99. The van der Waals surface area contributed by atoms with Gasteiger partial charge in [0.2, 0.25) is 0 Å². The van der Waals surface area contributed by atoms with Crippen molar-refractivity contribution < 1.29 is 14.6 Å². The van der Waals surface area contributed by atoms with E-state index in [1.54, 1.807) is 25.3 Å². The first-order valence-electron chi connectivity index (χ1n) is 10.9. The number of rotatable bonds is 4. The van der Waals surface area contributed by atoms with Gasteiger partial charge in [-0.3, -0.25) is 0 Å². The Morgan fingerprint density at radius 2 is 1.77 bits per heavy atom. The predicted molar refractivity (Wildman–Crippen MR) is 115 cm³/mol. The maximum absolute atomic E-state index is 11.3. The first kappa shape index (κ1) is 18.0. The van der Waals surface area contributed by atoms with Gasteiger partial charge in [0.25, 0.3) is 0 Å². The number of carboxylic acid groups (broad SMARTS) is 1. The molecule has 0 spiro atoms. The van der Waals surface area contributed by atoms with Crippen LogP contribution in [-0.2, 0) is 5.41 Å². The molecule has 0 aliphatic heterocycles. The summed E-state index contributed by atoms with van der Waals surface area (Å²) in [4.78, 5) is 19.4. The first-order chi connectivity index (χ1) is 14.5. The summed E-state index contributed by atoms with van der Waals surface area (Å²) in [5, 5.41) is 9.27. The molecule has 3 aromatic rings. The van der Waals surface area contributed by atoms with Crippen LogP contribution in [0.15, 0.2) is 36.4 Å². The van der Waals surface area contributed by atoms with Crippen molar-refractivity contribution in [3.05, 3.63) is 47.5 Å². The van der Waals surface area contributed by atoms with Crippen LogP contribution in [0, 0.1) is 17.8 Å². The minimum atomic E-state index is -0.929. The maximum atomic E-state index is 11.3. The van der Waals surface area contributed by atoms with Crippen molar-refractivity contribution in [1.29, 1.82) is 0 Å². The number of carbonyl (C=O) groups is 1. The number of aromatic nitrogens is 2. The number of carboxylic acids is 1. The molecule has 2 aromatic carbocycles. The molecule has 154 valence electrons. The molecular formula is C25H26N2O3. The molecule has 4 aliphatic rings. The van der Waals surface area contributed by atoms with Crippen LogP contribution in [0.2, 0.25) is 0 Å². The van der Waals surface area contributed by atoms with Crippen LogP contribution in [0.4, 0.5) is 0 Å². The topological polar surface area (TPSA) is 75.2 Å². The molecule has 0 unspecified atom stereocenters. The summed E-state index contributed by atoms with van der Waals surface area (Å²) in [6, 6.07) is 11.4. The van der Waals surface area contributed by atoms with Gasteiger partial charge in [-0.05, 0) is 98.1 Å². The summed E-state index contributed by atoms with van der Waals surface area (Å²) in [5.41, 5.74) is 4.40. The number of aromatic carboxylic acids is 1. The second-order valence-corrected chi connectivity index (χ2v) is 9.74. The van der Waals surface area contributed by atoms with E-state index in [9.17, 15) is 9.90 Å². The third-order valence-corrected chi connectivity index (χ3v) is 7.81. The molecule has 4 aliphatic carbocycles. The van der Waals surface area contributed by atoms with E-state index < -0.39 is 5.97 Å². The van der Waals surface area contributed by atoms with Crippen molar-refractivity contribution in [1.82, 2.24) is 9.97 Å². The van der Waals surface area contributed by atoms with E-state index in [4.69, 9.17) is 9.72 Å². The lowest BCUT2D eigenvalue weighted by Crippen LogP contribution is -2.48. The van der Waals surface area contributed by atoms with Gasteiger partial charge < -0.3 is 14.8 Å². The zero-order valence-electron chi connectivity index (χ0n) is 17.1. The number of imidazole rings is 1. The van der Waals surface area contributed by atoms with E-state index in [2.05, 4.69) is 23.2 Å². The molecule has 1 heterocycles. The summed E-state index contributed by atoms with van der Waals surface area (Å²) in [5.74, 6) is 3.44. The third kappa shape index (κ3) is 2.68. The average Bonchev–Trinajstić information content (AvgIpc) is 3.15. The SMILES string of the molecule is COc1ccc(-c2nc3ccc(C(=O)O)cc3[nH]2)cc1C12CC3CC(CC(C3)C1)C2. The molecule has 1 aromatic heterocycles. The smallest absolute Gasteiger partial charge is 0.335 e. The Bertz CT molecular complexity index is 1130. The van der Waals surface area contributed by atoms with Crippen molar-refractivity contribution in [2.45, 2.75) is 43.9 Å².